The van der Waals surface area contributed by atoms with E-state index in [1.807, 2.05) is 32.9 Å². The summed E-state index contributed by atoms with van der Waals surface area (Å²) in [6, 6.07) is 3.47. The first-order chi connectivity index (χ1) is 6.56. The van der Waals surface area contributed by atoms with Gasteiger partial charge in [0.1, 0.15) is 0 Å². The van der Waals surface area contributed by atoms with Crippen molar-refractivity contribution < 1.29 is 4.79 Å². The van der Waals surface area contributed by atoms with Gasteiger partial charge in [-0.15, -0.1) is 0 Å². The number of hydrogen-bond acceptors (Lipinski definition) is 2. The molecule has 3 N–H and O–H groups in total. The largest absolute Gasteiger partial charge is 0.320 e. The standard InChI is InChI=1S/C10H17N3O/c1-4-9(11)10(14)12-13-7(2)5-6-8(13)3/h5-6,9H,4,11H2,1-3H3,(H,12,14)/t9-/m1/s1. The Balaban J connectivity index is 2.74. The molecule has 1 amide bonds. The first-order valence-electron chi connectivity index (χ1n) is 4.77. The lowest BCUT2D eigenvalue weighted by atomic mass is 10.2. The molecule has 14 heavy (non-hydrogen) atoms. The Bertz CT molecular complexity index is 311. The van der Waals surface area contributed by atoms with E-state index < -0.39 is 6.04 Å². The van der Waals surface area contributed by atoms with Gasteiger partial charge in [-0.25, -0.2) is 0 Å². The van der Waals surface area contributed by atoms with E-state index in [0.29, 0.717) is 6.42 Å². The molecular formula is C10H17N3O. The SMILES string of the molecule is CC[C@@H](N)C(=O)Nn1c(C)ccc1C. The Labute approximate surface area is 84.1 Å². The summed E-state index contributed by atoms with van der Waals surface area (Å²) in [5.41, 5.74) is 10.4. The molecular weight excluding hydrogens is 178 g/mol. The summed E-state index contributed by atoms with van der Waals surface area (Å²) in [5, 5.41) is 0. The first kappa shape index (κ1) is 10.8. The molecule has 0 aromatic carbocycles. The van der Waals surface area contributed by atoms with Crippen molar-refractivity contribution in [2.75, 3.05) is 5.43 Å². The summed E-state index contributed by atoms with van der Waals surface area (Å²) in [5.74, 6) is -0.144. The fourth-order valence-electron chi connectivity index (χ4n) is 1.22. The zero-order valence-electron chi connectivity index (χ0n) is 8.87. The molecule has 0 fully saturated rings. The molecule has 0 saturated heterocycles. The van der Waals surface area contributed by atoms with E-state index in [-0.39, 0.29) is 5.91 Å². The average Bonchev–Trinajstić information content (AvgIpc) is 2.48. The second-order valence-electron chi connectivity index (χ2n) is 3.44. The second kappa shape index (κ2) is 4.28. The Hall–Kier alpha value is -1.29. The number of rotatable bonds is 3. The molecule has 0 saturated carbocycles. The third-order valence-electron chi connectivity index (χ3n) is 2.27. The Morgan fingerprint density at radius 2 is 2.00 bits per heavy atom. The number of nitrogens with two attached hydrogens (primary N) is 1. The maximum atomic E-state index is 11.5. The van der Waals surface area contributed by atoms with Gasteiger partial charge in [0.2, 0.25) is 0 Å². The molecule has 0 radical (unpaired) electrons. The Morgan fingerprint density at radius 3 is 2.43 bits per heavy atom. The number of aromatic nitrogens is 1. The second-order valence-corrected chi connectivity index (χ2v) is 3.44. The minimum atomic E-state index is -0.434. The lowest BCUT2D eigenvalue weighted by Gasteiger charge is -2.14. The predicted molar refractivity (Wildman–Crippen MR) is 56.5 cm³/mol. The van der Waals surface area contributed by atoms with Gasteiger partial charge in [0.05, 0.1) is 6.04 Å². The minimum Gasteiger partial charge on any atom is -0.320 e. The van der Waals surface area contributed by atoms with Crippen molar-refractivity contribution in [1.29, 1.82) is 0 Å². The van der Waals surface area contributed by atoms with Crippen LogP contribution < -0.4 is 11.2 Å². The van der Waals surface area contributed by atoms with Gasteiger partial charge in [-0.3, -0.25) is 14.9 Å². The predicted octanol–water partition coefficient (Wildman–Crippen LogP) is 0.912. The quantitative estimate of drug-likeness (QED) is 0.753. The van der Waals surface area contributed by atoms with E-state index in [1.54, 1.807) is 4.68 Å². The summed E-state index contributed by atoms with van der Waals surface area (Å²) < 4.78 is 1.75. The normalized spacial score (nSPS) is 12.6. The third kappa shape index (κ3) is 2.14. The Morgan fingerprint density at radius 1 is 1.50 bits per heavy atom. The number of nitrogens with zero attached hydrogens (tertiary/aromatic N) is 1. The van der Waals surface area contributed by atoms with Crippen LogP contribution in [0.2, 0.25) is 0 Å². The van der Waals surface area contributed by atoms with Crippen molar-refractivity contribution >= 4 is 5.91 Å². The fourth-order valence-corrected chi connectivity index (χ4v) is 1.22. The third-order valence-corrected chi connectivity index (χ3v) is 2.27. The molecule has 0 aliphatic rings. The summed E-state index contributed by atoms with van der Waals surface area (Å²) in [4.78, 5) is 11.5. The number of amides is 1. The van der Waals surface area contributed by atoms with E-state index >= 15 is 0 Å². The monoisotopic (exact) mass is 195 g/mol. The van der Waals surface area contributed by atoms with Crippen molar-refractivity contribution in [3.8, 4) is 0 Å². The lowest BCUT2D eigenvalue weighted by Crippen LogP contribution is -2.39. The van der Waals surface area contributed by atoms with E-state index in [0.717, 1.165) is 11.4 Å². The molecule has 0 aliphatic carbocycles. The molecule has 78 valence electrons. The highest BCUT2D eigenvalue weighted by atomic mass is 16.2. The van der Waals surface area contributed by atoms with Crippen LogP contribution in [0.25, 0.3) is 0 Å². The van der Waals surface area contributed by atoms with Gasteiger partial charge < -0.3 is 5.73 Å². The summed E-state index contributed by atoms with van der Waals surface area (Å²) in [6.07, 6.45) is 0.644. The van der Waals surface area contributed by atoms with E-state index in [9.17, 15) is 4.79 Å². The van der Waals surface area contributed by atoms with Crippen LogP contribution in [0.15, 0.2) is 12.1 Å². The first-order valence-corrected chi connectivity index (χ1v) is 4.77. The number of carbonyl (C=O) groups is 1. The highest BCUT2D eigenvalue weighted by Gasteiger charge is 2.12. The van der Waals surface area contributed by atoms with Crippen LogP contribution >= 0.6 is 0 Å². The van der Waals surface area contributed by atoms with Gasteiger partial charge in [-0.05, 0) is 32.4 Å². The molecule has 4 heteroatoms. The van der Waals surface area contributed by atoms with Crippen LogP contribution in [0.1, 0.15) is 24.7 Å². The van der Waals surface area contributed by atoms with Crippen molar-refractivity contribution in [2.24, 2.45) is 5.73 Å². The van der Waals surface area contributed by atoms with Gasteiger partial charge >= 0.3 is 0 Å². The molecule has 4 nitrogen and oxygen atoms in total. The van der Waals surface area contributed by atoms with E-state index in [1.165, 1.54) is 0 Å². The molecule has 1 aromatic heterocycles. The number of aryl methyl sites for hydroxylation is 2. The lowest BCUT2D eigenvalue weighted by molar-refractivity contribution is -0.118. The molecule has 1 heterocycles. The minimum absolute atomic E-state index is 0.144. The van der Waals surface area contributed by atoms with E-state index in [2.05, 4.69) is 5.43 Å². The topological polar surface area (TPSA) is 60.1 Å². The summed E-state index contributed by atoms with van der Waals surface area (Å²) >= 11 is 0. The maximum absolute atomic E-state index is 11.5. The number of nitrogens with one attached hydrogen (secondary N) is 1. The van der Waals surface area contributed by atoms with Crippen molar-refractivity contribution in [3.63, 3.8) is 0 Å². The zero-order valence-corrected chi connectivity index (χ0v) is 8.87. The molecule has 0 bridgehead atoms. The van der Waals surface area contributed by atoms with Gasteiger partial charge in [-0.1, -0.05) is 6.92 Å². The van der Waals surface area contributed by atoms with Crippen LogP contribution in [0.3, 0.4) is 0 Å². The van der Waals surface area contributed by atoms with Gasteiger partial charge in [0.15, 0.2) is 0 Å². The van der Waals surface area contributed by atoms with Gasteiger partial charge in [0.25, 0.3) is 5.91 Å². The van der Waals surface area contributed by atoms with Crippen LogP contribution in [0.5, 0.6) is 0 Å². The smallest absolute Gasteiger partial charge is 0.255 e. The van der Waals surface area contributed by atoms with Crippen molar-refractivity contribution in [2.45, 2.75) is 33.2 Å². The summed E-state index contributed by atoms with van der Waals surface area (Å²) in [7, 11) is 0. The van der Waals surface area contributed by atoms with Crippen LogP contribution in [-0.4, -0.2) is 16.6 Å². The number of carbonyl (C=O) groups excluding carboxylic acids is 1. The van der Waals surface area contributed by atoms with Crippen molar-refractivity contribution in [3.05, 3.63) is 23.5 Å². The summed E-state index contributed by atoms with van der Waals surface area (Å²) in [6.45, 7) is 5.76. The molecule has 1 aromatic rings. The van der Waals surface area contributed by atoms with Crippen molar-refractivity contribution in [1.82, 2.24) is 4.68 Å². The highest BCUT2D eigenvalue weighted by Crippen LogP contribution is 2.04. The zero-order chi connectivity index (χ0) is 10.7. The van der Waals surface area contributed by atoms with Crippen LogP contribution in [0.4, 0.5) is 0 Å². The molecule has 1 atom stereocenters. The number of hydrogen-bond donors (Lipinski definition) is 2. The van der Waals surface area contributed by atoms with Gasteiger partial charge in [0, 0.05) is 11.4 Å². The maximum Gasteiger partial charge on any atom is 0.255 e. The molecule has 1 rings (SSSR count). The highest BCUT2D eigenvalue weighted by molar-refractivity contribution is 5.88. The van der Waals surface area contributed by atoms with Gasteiger partial charge in [-0.2, -0.15) is 0 Å². The average molecular weight is 195 g/mol. The fraction of sp³-hybridized carbons (Fsp3) is 0.500. The molecule has 0 aliphatic heterocycles. The molecule has 0 spiro atoms. The molecule has 0 unspecified atom stereocenters. The Kier molecular flexibility index (Phi) is 3.30. The van der Waals surface area contributed by atoms with Crippen LogP contribution in [0, 0.1) is 13.8 Å². The van der Waals surface area contributed by atoms with Crippen LogP contribution in [-0.2, 0) is 4.79 Å². The van der Waals surface area contributed by atoms with E-state index in [4.69, 9.17) is 5.73 Å².